The van der Waals surface area contributed by atoms with Crippen LogP contribution in [-0.4, -0.2) is 42.6 Å². The van der Waals surface area contributed by atoms with Crippen LogP contribution in [-0.2, 0) is 10.0 Å². The minimum absolute atomic E-state index is 0.265. The molecule has 4 nitrogen and oxygen atoms in total. The van der Waals surface area contributed by atoms with Crippen molar-refractivity contribution in [1.29, 1.82) is 0 Å². The second kappa shape index (κ2) is 4.52. The first kappa shape index (κ1) is 13.3. The van der Waals surface area contributed by atoms with Crippen LogP contribution in [0.1, 0.15) is 46.5 Å². The van der Waals surface area contributed by atoms with Crippen LogP contribution in [0.4, 0.5) is 0 Å². The highest BCUT2D eigenvalue weighted by atomic mass is 32.2. The molecule has 2 rings (SSSR count). The molecule has 1 aliphatic heterocycles. The molecule has 1 aliphatic carbocycles. The largest absolute Gasteiger partial charge is 0.313 e. The summed E-state index contributed by atoms with van der Waals surface area (Å²) in [6.45, 7) is 7.06. The summed E-state index contributed by atoms with van der Waals surface area (Å²) in [5.74, 6) is 0. The molecule has 0 radical (unpaired) electrons. The van der Waals surface area contributed by atoms with Gasteiger partial charge in [-0.25, -0.2) is 8.42 Å². The maximum absolute atomic E-state index is 12.5. The average Bonchev–Trinajstić information content (AvgIpc) is 2.90. The van der Waals surface area contributed by atoms with Crippen LogP contribution in [0.15, 0.2) is 0 Å². The zero-order valence-electron chi connectivity index (χ0n) is 11.1. The second-order valence-corrected chi connectivity index (χ2v) is 8.86. The van der Waals surface area contributed by atoms with E-state index in [9.17, 15) is 8.42 Å². The fourth-order valence-corrected chi connectivity index (χ4v) is 3.97. The molecular weight excluding hydrogens is 236 g/mol. The standard InChI is InChI=1S/C12H24N2O2S/c1-12(2,3)17(15,16)14(11-6-7-11)9-10-5-4-8-13-10/h10-11,13H,4-9H2,1-3H3. The van der Waals surface area contributed by atoms with E-state index in [1.807, 2.05) is 0 Å². The summed E-state index contributed by atoms with van der Waals surface area (Å²) in [7, 11) is -3.17. The summed E-state index contributed by atoms with van der Waals surface area (Å²) in [6, 6.07) is 0.620. The van der Waals surface area contributed by atoms with Crippen molar-refractivity contribution < 1.29 is 8.42 Å². The molecule has 17 heavy (non-hydrogen) atoms. The van der Waals surface area contributed by atoms with E-state index < -0.39 is 14.8 Å². The number of hydrogen-bond acceptors (Lipinski definition) is 3. The van der Waals surface area contributed by atoms with E-state index in [-0.39, 0.29) is 6.04 Å². The summed E-state index contributed by atoms with van der Waals surface area (Å²) in [6.07, 6.45) is 4.33. The molecule has 1 saturated heterocycles. The first-order valence-corrected chi connectivity index (χ1v) is 8.01. The molecule has 2 aliphatic rings. The molecule has 1 saturated carbocycles. The van der Waals surface area contributed by atoms with Crippen LogP contribution in [0.5, 0.6) is 0 Å². The van der Waals surface area contributed by atoms with E-state index in [1.165, 1.54) is 6.42 Å². The number of sulfonamides is 1. The average molecular weight is 260 g/mol. The normalized spacial score (nSPS) is 26.7. The van der Waals surface area contributed by atoms with Gasteiger partial charge >= 0.3 is 0 Å². The smallest absolute Gasteiger partial charge is 0.219 e. The lowest BCUT2D eigenvalue weighted by molar-refractivity contribution is 0.351. The fraction of sp³-hybridized carbons (Fsp3) is 1.00. The van der Waals surface area contributed by atoms with Gasteiger partial charge in [0.1, 0.15) is 0 Å². The summed E-state index contributed by atoms with van der Waals surface area (Å²) in [5, 5.41) is 3.39. The lowest BCUT2D eigenvalue weighted by Crippen LogP contribution is -2.48. The van der Waals surface area contributed by atoms with E-state index in [4.69, 9.17) is 0 Å². The summed E-state index contributed by atoms with van der Waals surface area (Å²) < 4.78 is 26.1. The highest BCUT2D eigenvalue weighted by Crippen LogP contribution is 2.34. The van der Waals surface area contributed by atoms with Gasteiger partial charge in [-0.3, -0.25) is 0 Å². The van der Waals surface area contributed by atoms with Crippen LogP contribution >= 0.6 is 0 Å². The molecule has 0 amide bonds. The van der Waals surface area contributed by atoms with Gasteiger partial charge in [-0.2, -0.15) is 4.31 Å². The Bertz CT molecular complexity index is 362. The van der Waals surface area contributed by atoms with Crippen molar-refractivity contribution in [3.8, 4) is 0 Å². The SMILES string of the molecule is CC(C)(C)S(=O)(=O)N(CC1CCCN1)C1CC1. The molecule has 5 heteroatoms. The van der Waals surface area contributed by atoms with Crippen molar-refractivity contribution in [2.75, 3.05) is 13.1 Å². The van der Waals surface area contributed by atoms with Crippen LogP contribution in [0.3, 0.4) is 0 Å². The topological polar surface area (TPSA) is 49.4 Å². The van der Waals surface area contributed by atoms with Crippen molar-refractivity contribution in [2.45, 2.75) is 63.3 Å². The number of nitrogens with one attached hydrogen (secondary N) is 1. The summed E-state index contributed by atoms with van der Waals surface area (Å²) in [5.41, 5.74) is 0. The third-order valence-corrected chi connectivity index (χ3v) is 6.21. The minimum atomic E-state index is -3.17. The third-order valence-electron chi connectivity index (χ3n) is 3.60. The quantitative estimate of drug-likeness (QED) is 0.829. The molecule has 0 spiro atoms. The molecule has 1 atom stereocenters. The Morgan fingerprint density at radius 2 is 1.88 bits per heavy atom. The molecule has 0 bridgehead atoms. The molecular formula is C12H24N2O2S. The Kier molecular flexibility index (Phi) is 3.54. The predicted octanol–water partition coefficient (Wildman–Crippen LogP) is 1.33. The van der Waals surface area contributed by atoms with E-state index in [2.05, 4.69) is 5.32 Å². The van der Waals surface area contributed by atoms with Crippen molar-refractivity contribution in [3.05, 3.63) is 0 Å². The van der Waals surface area contributed by atoms with Crippen molar-refractivity contribution >= 4 is 10.0 Å². The second-order valence-electron chi connectivity index (χ2n) is 6.21. The summed E-state index contributed by atoms with van der Waals surface area (Å²) >= 11 is 0. The highest BCUT2D eigenvalue weighted by Gasteiger charge is 2.44. The zero-order chi connectivity index (χ0) is 12.7. The molecule has 0 aromatic carbocycles. The molecule has 100 valence electrons. The number of hydrogen-bond donors (Lipinski definition) is 1. The van der Waals surface area contributed by atoms with Gasteiger partial charge in [0.2, 0.25) is 10.0 Å². The molecule has 0 aromatic rings. The summed E-state index contributed by atoms with van der Waals surface area (Å²) in [4.78, 5) is 0. The minimum Gasteiger partial charge on any atom is -0.313 e. The molecule has 1 unspecified atom stereocenters. The lowest BCUT2D eigenvalue weighted by atomic mass is 10.2. The van der Waals surface area contributed by atoms with Gasteiger partial charge in [0.15, 0.2) is 0 Å². The Morgan fingerprint density at radius 1 is 1.24 bits per heavy atom. The number of nitrogens with zero attached hydrogens (tertiary/aromatic N) is 1. The number of rotatable bonds is 4. The third kappa shape index (κ3) is 2.83. The first-order valence-electron chi connectivity index (χ1n) is 6.57. The van der Waals surface area contributed by atoms with E-state index in [1.54, 1.807) is 25.1 Å². The highest BCUT2D eigenvalue weighted by molar-refractivity contribution is 7.90. The van der Waals surface area contributed by atoms with Gasteiger partial charge in [0.05, 0.1) is 4.75 Å². The zero-order valence-corrected chi connectivity index (χ0v) is 11.9. The van der Waals surface area contributed by atoms with Gasteiger partial charge in [-0.15, -0.1) is 0 Å². The van der Waals surface area contributed by atoms with E-state index in [0.717, 1.165) is 25.8 Å². The predicted molar refractivity (Wildman–Crippen MR) is 69.4 cm³/mol. The van der Waals surface area contributed by atoms with Crippen molar-refractivity contribution in [2.24, 2.45) is 0 Å². The monoisotopic (exact) mass is 260 g/mol. The lowest BCUT2D eigenvalue weighted by Gasteiger charge is -2.31. The Balaban J connectivity index is 2.11. The molecule has 2 fully saturated rings. The molecule has 1 N–H and O–H groups in total. The van der Waals surface area contributed by atoms with Gasteiger partial charge < -0.3 is 5.32 Å². The van der Waals surface area contributed by atoms with Crippen LogP contribution in [0.2, 0.25) is 0 Å². The van der Waals surface area contributed by atoms with Crippen LogP contribution in [0.25, 0.3) is 0 Å². The van der Waals surface area contributed by atoms with Gasteiger partial charge in [0.25, 0.3) is 0 Å². The Morgan fingerprint density at radius 3 is 2.29 bits per heavy atom. The first-order chi connectivity index (χ1) is 7.82. The Hall–Kier alpha value is -0.130. The van der Waals surface area contributed by atoms with Crippen molar-refractivity contribution in [3.63, 3.8) is 0 Å². The van der Waals surface area contributed by atoms with Gasteiger partial charge in [-0.1, -0.05) is 0 Å². The maximum atomic E-state index is 12.5. The van der Waals surface area contributed by atoms with Crippen molar-refractivity contribution in [1.82, 2.24) is 9.62 Å². The molecule has 0 aromatic heterocycles. The van der Waals surface area contributed by atoms with Crippen LogP contribution in [0, 0.1) is 0 Å². The Labute approximate surface area is 105 Å². The van der Waals surface area contributed by atoms with Gasteiger partial charge in [-0.05, 0) is 53.0 Å². The maximum Gasteiger partial charge on any atom is 0.219 e. The van der Waals surface area contributed by atoms with E-state index >= 15 is 0 Å². The fourth-order valence-electron chi connectivity index (χ4n) is 2.29. The van der Waals surface area contributed by atoms with Crippen LogP contribution < -0.4 is 5.32 Å². The molecule has 1 heterocycles. The van der Waals surface area contributed by atoms with E-state index in [0.29, 0.717) is 12.6 Å². The van der Waals surface area contributed by atoms with Gasteiger partial charge in [0, 0.05) is 18.6 Å².